The molecule has 0 aliphatic heterocycles. The van der Waals surface area contributed by atoms with E-state index in [-0.39, 0.29) is 12.5 Å². The van der Waals surface area contributed by atoms with Gasteiger partial charge in [-0.2, -0.15) is 0 Å². The molecule has 2 aromatic rings. The number of anilines is 2. The van der Waals surface area contributed by atoms with Crippen molar-refractivity contribution in [2.24, 2.45) is 0 Å². The maximum atomic E-state index is 11.9. The summed E-state index contributed by atoms with van der Waals surface area (Å²) in [4.78, 5) is 11.9. The third kappa shape index (κ3) is 4.63. The van der Waals surface area contributed by atoms with Crippen molar-refractivity contribution in [3.05, 3.63) is 59.7 Å². The Balaban J connectivity index is 1.84. The predicted octanol–water partition coefficient (Wildman–Crippen LogP) is 4.17. The molecule has 0 spiro atoms. The molecule has 21 heavy (non-hydrogen) atoms. The van der Waals surface area contributed by atoms with Gasteiger partial charge in [-0.25, -0.2) is 0 Å². The first-order valence-corrected chi connectivity index (χ1v) is 7.25. The normalized spacial score (nSPS) is 10.5. The quantitative estimate of drug-likeness (QED) is 0.864. The van der Waals surface area contributed by atoms with Gasteiger partial charge in [-0.3, -0.25) is 4.79 Å². The van der Waals surface area contributed by atoms with Gasteiger partial charge >= 0.3 is 0 Å². The van der Waals surface area contributed by atoms with E-state index in [1.165, 1.54) is 11.1 Å². The first kappa shape index (κ1) is 15.1. The maximum Gasteiger partial charge on any atom is 0.243 e. The van der Waals surface area contributed by atoms with Crippen molar-refractivity contribution in [3.8, 4) is 0 Å². The average Bonchev–Trinajstić information content (AvgIpc) is 2.48. The number of hydrogen-bond acceptors (Lipinski definition) is 2. The smallest absolute Gasteiger partial charge is 0.243 e. The van der Waals surface area contributed by atoms with Gasteiger partial charge < -0.3 is 10.6 Å². The summed E-state index contributed by atoms with van der Waals surface area (Å²) in [5.41, 5.74) is 4.25. The molecule has 0 unspecified atom stereocenters. The third-order valence-electron chi connectivity index (χ3n) is 3.37. The zero-order valence-corrected chi connectivity index (χ0v) is 12.8. The van der Waals surface area contributed by atoms with Crippen LogP contribution in [0.3, 0.4) is 0 Å². The monoisotopic (exact) mass is 282 g/mol. The maximum absolute atomic E-state index is 11.9. The summed E-state index contributed by atoms with van der Waals surface area (Å²) in [7, 11) is 0. The van der Waals surface area contributed by atoms with Crippen LogP contribution in [0.1, 0.15) is 30.9 Å². The highest BCUT2D eigenvalue weighted by molar-refractivity contribution is 5.93. The van der Waals surface area contributed by atoms with Crippen LogP contribution >= 0.6 is 0 Å². The van der Waals surface area contributed by atoms with Gasteiger partial charge in [-0.1, -0.05) is 43.7 Å². The highest BCUT2D eigenvalue weighted by Crippen LogP contribution is 2.17. The fourth-order valence-corrected chi connectivity index (χ4v) is 2.01. The SMILES string of the molecule is Cc1ccc(NC(=O)CNc2ccc(C(C)C)cc2)cc1. The summed E-state index contributed by atoms with van der Waals surface area (Å²) in [6, 6.07) is 16.0. The van der Waals surface area contributed by atoms with Crippen molar-refractivity contribution in [1.82, 2.24) is 0 Å². The molecule has 0 radical (unpaired) electrons. The van der Waals surface area contributed by atoms with Crippen LogP contribution in [-0.4, -0.2) is 12.5 Å². The average molecular weight is 282 g/mol. The van der Waals surface area contributed by atoms with Crippen LogP contribution in [-0.2, 0) is 4.79 Å². The molecule has 0 aliphatic carbocycles. The summed E-state index contributed by atoms with van der Waals surface area (Å²) in [6.45, 7) is 6.61. The molecule has 0 bridgehead atoms. The summed E-state index contributed by atoms with van der Waals surface area (Å²) in [6.07, 6.45) is 0. The summed E-state index contributed by atoms with van der Waals surface area (Å²) in [5.74, 6) is 0.468. The van der Waals surface area contributed by atoms with Gasteiger partial charge in [0.05, 0.1) is 6.54 Å². The molecule has 0 saturated carbocycles. The molecule has 1 amide bonds. The van der Waals surface area contributed by atoms with E-state index >= 15 is 0 Å². The van der Waals surface area contributed by atoms with E-state index < -0.39 is 0 Å². The number of carbonyl (C=O) groups excluding carboxylic acids is 1. The van der Waals surface area contributed by atoms with Crippen LogP contribution in [0.2, 0.25) is 0 Å². The van der Waals surface area contributed by atoms with E-state index in [1.54, 1.807) is 0 Å². The van der Waals surface area contributed by atoms with Crippen molar-refractivity contribution in [2.45, 2.75) is 26.7 Å². The van der Waals surface area contributed by atoms with E-state index in [1.807, 2.05) is 43.3 Å². The number of nitrogens with one attached hydrogen (secondary N) is 2. The number of benzene rings is 2. The Kier molecular flexibility index (Phi) is 4.99. The van der Waals surface area contributed by atoms with Crippen LogP contribution in [0.5, 0.6) is 0 Å². The fraction of sp³-hybridized carbons (Fsp3) is 0.278. The zero-order chi connectivity index (χ0) is 15.2. The van der Waals surface area contributed by atoms with E-state index in [2.05, 4.69) is 36.6 Å². The van der Waals surface area contributed by atoms with Gasteiger partial charge in [0.1, 0.15) is 0 Å². The number of carbonyl (C=O) groups is 1. The topological polar surface area (TPSA) is 41.1 Å². The minimum absolute atomic E-state index is 0.0493. The van der Waals surface area contributed by atoms with Gasteiger partial charge in [0.2, 0.25) is 5.91 Å². The van der Waals surface area contributed by atoms with E-state index in [4.69, 9.17) is 0 Å². The number of amides is 1. The first-order chi connectivity index (χ1) is 10.0. The molecule has 0 aromatic heterocycles. The zero-order valence-electron chi connectivity index (χ0n) is 12.8. The van der Waals surface area contributed by atoms with Crippen LogP contribution < -0.4 is 10.6 Å². The molecule has 2 rings (SSSR count). The molecule has 0 fully saturated rings. The van der Waals surface area contributed by atoms with Crippen molar-refractivity contribution in [3.63, 3.8) is 0 Å². The van der Waals surface area contributed by atoms with Crippen molar-refractivity contribution < 1.29 is 4.79 Å². The van der Waals surface area contributed by atoms with Gasteiger partial charge in [0.25, 0.3) is 0 Å². The first-order valence-electron chi connectivity index (χ1n) is 7.25. The molecule has 0 atom stereocenters. The molecular formula is C18H22N2O. The lowest BCUT2D eigenvalue weighted by Crippen LogP contribution is -2.21. The predicted molar refractivity (Wildman–Crippen MR) is 88.8 cm³/mol. The number of rotatable bonds is 5. The molecule has 3 nitrogen and oxygen atoms in total. The molecule has 110 valence electrons. The second-order valence-corrected chi connectivity index (χ2v) is 5.54. The van der Waals surface area contributed by atoms with Gasteiger partial charge in [-0.05, 0) is 42.7 Å². The standard InChI is InChI=1S/C18H22N2O/c1-13(2)15-6-10-16(11-7-15)19-12-18(21)20-17-8-4-14(3)5-9-17/h4-11,13,19H,12H2,1-3H3,(H,20,21). The minimum atomic E-state index is -0.0493. The Bertz CT molecular complexity index is 586. The Morgan fingerprint density at radius 2 is 1.52 bits per heavy atom. The lowest BCUT2D eigenvalue weighted by Gasteiger charge is -2.10. The molecular weight excluding hydrogens is 260 g/mol. The summed E-state index contributed by atoms with van der Waals surface area (Å²) >= 11 is 0. The Morgan fingerprint density at radius 1 is 0.952 bits per heavy atom. The van der Waals surface area contributed by atoms with Crippen molar-refractivity contribution in [2.75, 3.05) is 17.2 Å². The minimum Gasteiger partial charge on any atom is -0.376 e. The summed E-state index contributed by atoms with van der Waals surface area (Å²) < 4.78 is 0. The van der Waals surface area contributed by atoms with Gasteiger partial charge in [-0.15, -0.1) is 0 Å². The molecule has 0 saturated heterocycles. The molecule has 2 N–H and O–H groups in total. The van der Waals surface area contributed by atoms with Crippen LogP contribution in [0, 0.1) is 6.92 Å². The fourth-order valence-electron chi connectivity index (χ4n) is 2.01. The highest BCUT2D eigenvalue weighted by Gasteiger charge is 2.03. The molecule has 0 aliphatic rings. The Labute approximate surface area is 126 Å². The largest absolute Gasteiger partial charge is 0.376 e. The lowest BCUT2D eigenvalue weighted by atomic mass is 10.0. The second kappa shape index (κ2) is 6.93. The highest BCUT2D eigenvalue weighted by atomic mass is 16.1. The summed E-state index contributed by atoms with van der Waals surface area (Å²) in [5, 5.41) is 6.00. The van der Waals surface area contributed by atoms with Crippen molar-refractivity contribution >= 4 is 17.3 Å². The van der Waals surface area contributed by atoms with E-state index in [0.29, 0.717) is 5.92 Å². The number of hydrogen-bond donors (Lipinski definition) is 2. The van der Waals surface area contributed by atoms with Crippen molar-refractivity contribution in [1.29, 1.82) is 0 Å². The number of aryl methyl sites for hydroxylation is 1. The van der Waals surface area contributed by atoms with Gasteiger partial charge in [0.15, 0.2) is 0 Å². The second-order valence-electron chi connectivity index (χ2n) is 5.54. The Hall–Kier alpha value is -2.29. The van der Waals surface area contributed by atoms with Gasteiger partial charge in [0, 0.05) is 11.4 Å². The van der Waals surface area contributed by atoms with Crippen LogP contribution in [0.4, 0.5) is 11.4 Å². The van der Waals surface area contributed by atoms with E-state index in [0.717, 1.165) is 11.4 Å². The lowest BCUT2D eigenvalue weighted by molar-refractivity contribution is -0.114. The van der Waals surface area contributed by atoms with Crippen LogP contribution in [0.25, 0.3) is 0 Å². The molecule has 0 heterocycles. The Morgan fingerprint density at radius 3 is 2.10 bits per heavy atom. The third-order valence-corrected chi connectivity index (χ3v) is 3.37. The molecule has 2 aromatic carbocycles. The van der Waals surface area contributed by atoms with Crippen LogP contribution in [0.15, 0.2) is 48.5 Å². The van der Waals surface area contributed by atoms with E-state index in [9.17, 15) is 4.79 Å². The molecule has 3 heteroatoms.